The molecule has 0 N–H and O–H groups in total. The summed E-state index contributed by atoms with van der Waals surface area (Å²) in [5.41, 5.74) is -4.60. The zero-order chi connectivity index (χ0) is 19.7. The van der Waals surface area contributed by atoms with Gasteiger partial charge in [-0.25, -0.2) is 4.39 Å². The number of rotatable bonds is 2. The maximum Gasteiger partial charge on any atom is 0.359 e. The highest BCUT2D eigenvalue weighted by atomic mass is 35.5. The van der Waals surface area contributed by atoms with Crippen LogP contribution in [-0.2, 0) is 5.41 Å². The summed E-state index contributed by atoms with van der Waals surface area (Å²) in [5, 5.41) is -4.88. The van der Waals surface area contributed by atoms with E-state index in [0.29, 0.717) is 0 Å². The number of benzene rings is 2. The van der Waals surface area contributed by atoms with Crippen molar-refractivity contribution in [1.82, 2.24) is 0 Å². The fraction of sp³-hybridized carbons (Fsp3) is 0.250. The van der Waals surface area contributed by atoms with E-state index in [9.17, 15) is 17.6 Å². The molecule has 2 aromatic carbocycles. The lowest BCUT2D eigenvalue weighted by molar-refractivity contribution is -0.373. The van der Waals surface area contributed by atoms with E-state index in [2.05, 4.69) is 0 Å². The Morgan fingerprint density at radius 2 is 0.846 bits per heavy atom. The topological polar surface area (TPSA) is 0 Å². The van der Waals surface area contributed by atoms with E-state index in [1.165, 1.54) is 12.1 Å². The van der Waals surface area contributed by atoms with Gasteiger partial charge in [0, 0.05) is 20.1 Å². The van der Waals surface area contributed by atoms with Crippen LogP contribution in [0, 0.1) is 0 Å². The second-order valence-electron chi connectivity index (χ2n) is 5.79. The lowest BCUT2D eigenvalue weighted by Gasteiger charge is -2.60. The molecule has 0 heterocycles. The molecule has 1 saturated carbocycles. The number of hydrogen-bond acceptors (Lipinski definition) is 0. The van der Waals surface area contributed by atoms with Crippen molar-refractivity contribution in [2.75, 3.05) is 0 Å². The largest absolute Gasteiger partial charge is 0.359 e. The van der Waals surface area contributed by atoms with Gasteiger partial charge in [-0.2, -0.15) is 17.6 Å². The van der Waals surface area contributed by atoms with Gasteiger partial charge in [-0.05, 0) is 47.5 Å². The van der Waals surface area contributed by atoms with Gasteiger partial charge in [0.25, 0.3) is 5.13 Å². The Bertz CT molecular complexity index is 785. The zero-order valence-corrected chi connectivity index (χ0v) is 16.0. The number of hydrogen-bond donors (Lipinski definition) is 0. The zero-order valence-electron chi connectivity index (χ0n) is 12.2. The molecule has 0 radical (unpaired) electrons. The highest BCUT2D eigenvalue weighted by molar-refractivity contribution is 6.35. The molecule has 0 aromatic heterocycles. The van der Waals surface area contributed by atoms with Gasteiger partial charge in [0.1, 0.15) is 5.41 Å². The quantitative estimate of drug-likeness (QED) is 0.311. The van der Waals surface area contributed by atoms with Crippen molar-refractivity contribution in [3.63, 3.8) is 0 Å². The van der Waals surface area contributed by atoms with Gasteiger partial charge in [0.05, 0.1) is 0 Å². The van der Waals surface area contributed by atoms with Crippen LogP contribution in [0.5, 0.6) is 0 Å². The van der Waals surface area contributed by atoms with Gasteiger partial charge in [-0.15, -0.1) is 0 Å². The van der Waals surface area contributed by atoms with Crippen LogP contribution in [0.4, 0.5) is 22.0 Å². The minimum absolute atomic E-state index is 0.168. The Morgan fingerprint density at radius 1 is 0.538 bits per heavy atom. The van der Waals surface area contributed by atoms with Crippen LogP contribution in [0.3, 0.4) is 0 Å². The second kappa shape index (κ2) is 6.02. The Balaban J connectivity index is 2.45. The predicted octanol–water partition coefficient (Wildman–Crippen LogP) is 7.78. The maximum absolute atomic E-state index is 15.1. The molecular weight excluding hydrogens is 464 g/mol. The van der Waals surface area contributed by atoms with E-state index in [-0.39, 0.29) is 20.1 Å². The third-order valence-electron chi connectivity index (χ3n) is 4.32. The van der Waals surface area contributed by atoms with Gasteiger partial charge in [0.15, 0.2) is 0 Å². The summed E-state index contributed by atoms with van der Waals surface area (Å²) >= 11 is 28.7. The van der Waals surface area contributed by atoms with Crippen LogP contribution >= 0.6 is 58.0 Å². The highest BCUT2D eigenvalue weighted by Crippen LogP contribution is 2.75. The Labute approximate surface area is 169 Å². The van der Waals surface area contributed by atoms with E-state index in [1.807, 2.05) is 0 Å². The first kappa shape index (κ1) is 20.3. The molecule has 140 valence electrons. The van der Waals surface area contributed by atoms with E-state index in [4.69, 9.17) is 58.0 Å². The minimum Gasteiger partial charge on any atom is -0.218 e. The van der Waals surface area contributed by atoms with Crippen molar-refractivity contribution in [3.05, 3.63) is 67.6 Å². The van der Waals surface area contributed by atoms with Crippen LogP contribution in [0.25, 0.3) is 0 Å². The molecule has 1 aliphatic rings. The molecular formula is C16H6Cl5F5. The molecule has 0 saturated heterocycles. The lowest BCUT2D eigenvalue weighted by atomic mass is 9.53. The Hall–Kier alpha value is -0.460. The van der Waals surface area contributed by atoms with Crippen molar-refractivity contribution in [2.45, 2.75) is 22.4 Å². The Morgan fingerprint density at radius 3 is 1.12 bits per heavy atom. The van der Waals surface area contributed by atoms with Crippen LogP contribution in [0.2, 0.25) is 20.1 Å². The van der Waals surface area contributed by atoms with Gasteiger partial charge in [0.2, 0.25) is 0 Å². The summed E-state index contributed by atoms with van der Waals surface area (Å²) in [6, 6.07) is 5.91. The van der Waals surface area contributed by atoms with E-state index >= 15 is 4.39 Å². The lowest BCUT2D eigenvalue weighted by Crippen LogP contribution is -2.83. The van der Waals surface area contributed by atoms with Crippen LogP contribution in [0.15, 0.2) is 36.4 Å². The van der Waals surface area contributed by atoms with Crippen LogP contribution < -0.4 is 0 Å². The third kappa shape index (κ3) is 2.34. The monoisotopic (exact) mass is 468 g/mol. The van der Waals surface area contributed by atoms with Gasteiger partial charge >= 0.3 is 11.8 Å². The average molecular weight is 470 g/mol. The van der Waals surface area contributed by atoms with Gasteiger partial charge < -0.3 is 0 Å². The average Bonchev–Trinajstić information content (AvgIpc) is 2.44. The van der Waals surface area contributed by atoms with Crippen molar-refractivity contribution in [2.24, 2.45) is 0 Å². The normalized spacial score (nSPS) is 25.6. The first-order valence-electron chi connectivity index (χ1n) is 6.85. The molecule has 0 bridgehead atoms. The van der Waals surface area contributed by atoms with Gasteiger partial charge in [-0.1, -0.05) is 58.0 Å². The van der Waals surface area contributed by atoms with Crippen LogP contribution in [-0.4, -0.2) is 17.0 Å². The van der Waals surface area contributed by atoms with Crippen molar-refractivity contribution >= 4 is 58.0 Å². The first-order chi connectivity index (χ1) is 11.8. The molecule has 2 aromatic rings. The van der Waals surface area contributed by atoms with Crippen molar-refractivity contribution < 1.29 is 22.0 Å². The molecule has 1 atom stereocenters. The van der Waals surface area contributed by atoms with E-state index in [0.717, 1.165) is 24.3 Å². The number of halogens is 10. The molecule has 1 aliphatic carbocycles. The smallest absolute Gasteiger partial charge is 0.218 e. The summed E-state index contributed by atoms with van der Waals surface area (Å²) in [7, 11) is 0. The van der Waals surface area contributed by atoms with E-state index in [1.54, 1.807) is 0 Å². The summed E-state index contributed by atoms with van der Waals surface area (Å²) in [6.07, 6.45) is 0. The SMILES string of the molecule is FC1(F)C(F)(F)C(c2cc(Cl)cc(Cl)c2)(c2cc(Cl)cc(Cl)c2)C1(F)Cl. The van der Waals surface area contributed by atoms with E-state index < -0.39 is 33.5 Å². The highest BCUT2D eigenvalue weighted by Gasteiger charge is 2.96. The molecule has 0 nitrogen and oxygen atoms in total. The van der Waals surface area contributed by atoms with Crippen LogP contribution in [0.1, 0.15) is 11.1 Å². The molecule has 0 spiro atoms. The minimum atomic E-state index is -5.18. The molecule has 0 amide bonds. The molecule has 10 heteroatoms. The predicted molar refractivity (Wildman–Crippen MR) is 93.3 cm³/mol. The summed E-state index contributed by atoms with van der Waals surface area (Å²) in [6.45, 7) is 0. The summed E-state index contributed by atoms with van der Waals surface area (Å²) < 4.78 is 72.6. The molecule has 26 heavy (non-hydrogen) atoms. The molecule has 1 unspecified atom stereocenters. The second-order valence-corrected chi connectivity index (χ2v) is 8.06. The first-order valence-corrected chi connectivity index (χ1v) is 8.74. The fourth-order valence-corrected chi connectivity index (χ4v) is 4.74. The van der Waals surface area contributed by atoms with Crippen molar-refractivity contribution in [1.29, 1.82) is 0 Å². The summed E-state index contributed by atoms with van der Waals surface area (Å²) in [5.74, 6) is -10.1. The number of alkyl halides is 6. The fourth-order valence-electron chi connectivity index (χ4n) is 3.24. The maximum atomic E-state index is 15.1. The molecule has 3 rings (SSSR count). The Kier molecular flexibility index (Phi) is 4.69. The summed E-state index contributed by atoms with van der Waals surface area (Å²) in [4.78, 5) is 0. The molecule has 0 aliphatic heterocycles. The van der Waals surface area contributed by atoms with Gasteiger partial charge in [-0.3, -0.25) is 0 Å². The van der Waals surface area contributed by atoms with Crippen molar-refractivity contribution in [3.8, 4) is 0 Å². The standard InChI is InChI=1S/C16H6Cl5F5/c17-9-1-7(2-10(18)5-9)13(8-3-11(19)6-12(20)4-8)14(21,22)16(25,26)15(13,23)24/h1-6H. The third-order valence-corrected chi connectivity index (χ3v) is 5.72. The molecule has 1 fully saturated rings.